The minimum Gasteiger partial charge on any atom is -0.395 e. The lowest BCUT2D eigenvalue weighted by molar-refractivity contribution is 0.0968. The van der Waals surface area contributed by atoms with Crippen molar-refractivity contribution in [3.63, 3.8) is 0 Å². The molecule has 10 heteroatoms. The maximum atomic E-state index is 15.5. The number of likely N-dealkylation sites (N-methyl/N-ethyl adjacent to an activating group) is 1. The molecule has 0 spiro atoms. The van der Waals surface area contributed by atoms with E-state index in [1.165, 1.54) is 12.1 Å². The number of halogens is 1. The predicted octanol–water partition coefficient (Wildman–Crippen LogP) is 4.04. The van der Waals surface area contributed by atoms with Gasteiger partial charge in [0.15, 0.2) is 0 Å². The van der Waals surface area contributed by atoms with Crippen LogP contribution in [0.1, 0.15) is 28.8 Å². The van der Waals surface area contributed by atoms with E-state index in [-0.39, 0.29) is 24.2 Å². The summed E-state index contributed by atoms with van der Waals surface area (Å²) in [6.45, 7) is 3.89. The molecule has 39 heavy (non-hydrogen) atoms. The van der Waals surface area contributed by atoms with E-state index in [0.29, 0.717) is 30.4 Å². The number of aromatic nitrogens is 3. The molecule has 0 bridgehead atoms. The van der Waals surface area contributed by atoms with Gasteiger partial charge >= 0.3 is 0 Å². The van der Waals surface area contributed by atoms with Crippen LogP contribution in [0.25, 0.3) is 10.8 Å². The summed E-state index contributed by atoms with van der Waals surface area (Å²) in [4.78, 5) is 30.7. The molecule has 9 nitrogen and oxygen atoms in total. The number of piperidine rings is 1. The van der Waals surface area contributed by atoms with Crippen LogP contribution in [0.5, 0.6) is 0 Å². The largest absolute Gasteiger partial charge is 0.395 e. The van der Waals surface area contributed by atoms with E-state index >= 15 is 4.39 Å². The number of fused-ring (bicyclic) bond motifs is 1. The van der Waals surface area contributed by atoms with E-state index in [4.69, 9.17) is 0 Å². The second-order valence-electron chi connectivity index (χ2n) is 9.69. The Kier molecular flexibility index (Phi) is 7.94. The van der Waals surface area contributed by atoms with E-state index in [0.717, 1.165) is 35.7 Å². The summed E-state index contributed by atoms with van der Waals surface area (Å²) in [6.07, 6.45) is 4.99. The van der Waals surface area contributed by atoms with E-state index in [1.807, 2.05) is 38.2 Å². The molecule has 2 aromatic heterocycles. The van der Waals surface area contributed by atoms with Gasteiger partial charge in [-0.2, -0.15) is 4.98 Å². The lowest BCUT2D eigenvalue weighted by Gasteiger charge is -2.35. The average Bonchev–Trinajstić information content (AvgIpc) is 2.94. The highest BCUT2D eigenvalue weighted by molar-refractivity contribution is 6.11. The van der Waals surface area contributed by atoms with Crippen LogP contribution in [0, 0.1) is 12.7 Å². The van der Waals surface area contributed by atoms with Crippen molar-refractivity contribution in [1.82, 2.24) is 20.3 Å². The normalized spacial score (nSPS) is 15.2. The van der Waals surface area contributed by atoms with Gasteiger partial charge in [0.1, 0.15) is 17.5 Å². The van der Waals surface area contributed by atoms with E-state index < -0.39 is 11.7 Å². The van der Waals surface area contributed by atoms with Gasteiger partial charge < -0.3 is 20.6 Å². The van der Waals surface area contributed by atoms with Crippen LogP contribution >= 0.6 is 0 Å². The molecule has 2 aromatic carbocycles. The fourth-order valence-electron chi connectivity index (χ4n) is 4.97. The molecule has 0 radical (unpaired) electrons. The zero-order valence-electron chi connectivity index (χ0n) is 22.1. The molecule has 1 fully saturated rings. The third-order valence-electron chi connectivity index (χ3n) is 6.99. The molecular weight excluding hydrogens is 497 g/mol. The topological polar surface area (TPSA) is 107 Å². The molecule has 3 heterocycles. The van der Waals surface area contributed by atoms with Gasteiger partial charge in [0.2, 0.25) is 5.95 Å². The molecule has 0 aliphatic carbocycles. The highest BCUT2D eigenvalue weighted by Gasteiger charge is 2.31. The van der Waals surface area contributed by atoms with Gasteiger partial charge in [-0.05, 0) is 67.6 Å². The molecule has 1 amide bonds. The van der Waals surface area contributed by atoms with Gasteiger partial charge in [0.25, 0.3) is 5.91 Å². The van der Waals surface area contributed by atoms with Crippen LogP contribution in [0.15, 0.2) is 60.9 Å². The predicted molar refractivity (Wildman–Crippen MR) is 151 cm³/mol. The Morgan fingerprint density at radius 3 is 2.79 bits per heavy atom. The number of hydrogen-bond donors (Lipinski definition) is 3. The monoisotopic (exact) mass is 529 g/mol. The standard InChI is InChI=1S/C29H32FN7O2/c1-19-5-3-6-20-10-13-32-27(26(19)20)37(22-7-4-12-31-18-22)28(39)23-9-8-21(17-24(23)30)34-29-33-14-11-25(35-29)36(2)15-16-38/h3,5-6,8-11,13-14,17,22,31,38H,4,7,12,15-16,18H2,1-2H3,(H,33,34,35)/t22-/m1/s1. The summed E-state index contributed by atoms with van der Waals surface area (Å²) in [5, 5.41) is 17.4. The van der Waals surface area contributed by atoms with Crippen LogP contribution in [-0.2, 0) is 0 Å². The third-order valence-corrected chi connectivity index (χ3v) is 6.99. The zero-order valence-corrected chi connectivity index (χ0v) is 22.1. The molecule has 3 N–H and O–H groups in total. The van der Waals surface area contributed by atoms with Crippen LogP contribution in [0.4, 0.5) is 27.7 Å². The molecular formula is C29H32FN7O2. The Morgan fingerprint density at radius 1 is 1.18 bits per heavy atom. The minimum atomic E-state index is -0.649. The Morgan fingerprint density at radius 2 is 2.03 bits per heavy atom. The smallest absolute Gasteiger partial charge is 0.262 e. The van der Waals surface area contributed by atoms with Gasteiger partial charge in [-0.1, -0.05) is 18.2 Å². The fraction of sp³-hybridized carbons (Fsp3) is 0.310. The van der Waals surface area contributed by atoms with Gasteiger partial charge in [-0.3, -0.25) is 9.69 Å². The summed E-state index contributed by atoms with van der Waals surface area (Å²) in [5.41, 5.74) is 1.39. The van der Waals surface area contributed by atoms with Crippen molar-refractivity contribution in [3.05, 3.63) is 77.9 Å². The summed E-state index contributed by atoms with van der Waals surface area (Å²) in [5.74, 6) is 0.358. The maximum absolute atomic E-state index is 15.5. The van der Waals surface area contributed by atoms with E-state index in [1.54, 1.807) is 34.3 Å². The quantitative estimate of drug-likeness (QED) is 0.314. The number of nitrogens with zero attached hydrogens (tertiary/aromatic N) is 5. The first kappa shape index (κ1) is 26.5. The first-order valence-corrected chi connectivity index (χ1v) is 13.1. The first-order valence-electron chi connectivity index (χ1n) is 13.1. The van der Waals surface area contributed by atoms with Crippen molar-refractivity contribution < 1.29 is 14.3 Å². The molecule has 0 saturated carbocycles. The number of nitrogens with one attached hydrogen (secondary N) is 2. The maximum Gasteiger partial charge on any atom is 0.262 e. The molecule has 0 unspecified atom stereocenters. The highest BCUT2D eigenvalue weighted by Crippen LogP contribution is 2.32. The summed E-state index contributed by atoms with van der Waals surface area (Å²) in [7, 11) is 1.81. The Balaban J connectivity index is 1.47. The summed E-state index contributed by atoms with van der Waals surface area (Å²) in [6, 6.07) is 13.9. The Hall–Kier alpha value is -4.15. The second kappa shape index (κ2) is 11.7. The van der Waals surface area contributed by atoms with Crippen LogP contribution in [-0.4, -0.2) is 65.3 Å². The van der Waals surface area contributed by atoms with Gasteiger partial charge in [0, 0.05) is 43.6 Å². The number of carbonyl (C=O) groups excluding carboxylic acids is 1. The van der Waals surface area contributed by atoms with Crippen molar-refractivity contribution in [3.8, 4) is 0 Å². The lowest BCUT2D eigenvalue weighted by Crippen LogP contribution is -2.49. The molecule has 1 aliphatic rings. The number of hydrogen-bond acceptors (Lipinski definition) is 8. The minimum absolute atomic E-state index is 0.00817. The number of rotatable bonds is 8. The number of aliphatic hydroxyl groups is 1. The van der Waals surface area contributed by atoms with Crippen LogP contribution in [0.3, 0.4) is 0 Å². The Labute approximate surface area is 226 Å². The number of amides is 1. The zero-order chi connectivity index (χ0) is 27.4. The van der Waals surface area contributed by atoms with Gasteiger partial charge in [0.05, 0.1) is 18.2 Å². The van der Waals surface area contributed by atoms with E-state index in [9.17, 15) is 9.90 Å². The lowest BCUT2D eigenvalue weighted by atomic mass is 10.0. The first-order chi connectivity index (χ1) is 19.0. The molecule has 5 rings (SSSR count). The second-order valence-corrected chi connectivity index (χ2v) is 9.69. The molecule has 1 saturated heterocycles. The van der Waals surface area contributed by atoms with Crippen molar-refractivity contribution in [2.45, 2.75) is 25.8 Å². The molecule has 4 aromatic rings. The van der Waals surface area contributed by atoms with Crippen LogP contribution in [0.2, 0.25) is 0 Å². The third kappa shape index (κ3) is 5.67. The molecule has 202 valence electrons. The highest BCUT2D eigenvalue weighted by atomic mass is 19.1. The van der Waals surface area contributed by atoms with Gasteiger partial charge in [-0.25, -0.2) is 14.4 Å². The number of anilines is 4. The van der Waals surface area contributed by atoms with Crippen molar-refractivity contribution >= 4 is 40.0 Å². The number of benzene rings is 2. The Bertz CT molecular complexity index is 1470. The summed E-state index contributed by atoms with van der Waals surface area (Å²) < 4.78 is 15.5. The fourth-order valence-corrected chi connectivity index (χ4v) is 4.97. The van der Waals surface area contributed by atoms with Crippen LogP contribution < -0.4 is 20.4 Å². The van der Waals surface area contributed by atoms with Crippen molar-refractivity contribution in [1.29, 1.82) is 0 Å². The molecule has 1 atom stereocenters. The van der Waals surface area contributed by atoms with Crippen molar-refractivity contribution in [2.75, 3.05) is 48.4 Å². The number of pyridine rings is 1. The van der Waals surface area contributed by atoms with E-state index in [2.05, 4.69) is 25.6 Å². The molecule has 1 aliphatic heterocycles. The average molecular weight is 530 g/mol. The number of aliphatic hydroxyl groups excluding tert-OH is 1. The number of aryl methyl sites for hydroxylation is 1. The number of carbonyl (C=O) groups is 1. The SMILES string of the molecule is Cc1cccc2ccnc(N(C(=O)c3ccc(Nc4nccc(N(C)CCO)n4)cc3F)[C@@H]3CCCNC3)c12. The van der Waals surface area contributed by atoms with Crippen molar-refractivity contribution in [2.24, 2.45) is 0 Å². The van der Waals surface area contributed by atoms with Gasteiger partial charge in [-0.15, -0.1) is 0 Å². The summed E-state index contributed by atoms with van der Waals surface area (Å²) >= 11 is 0.